The number of carbonyl (C=O) groups is 1. The molecule has 1 aromatic rings. The molecule has 1 aromatic carbocycles. The van der Waals surface area contributed by atoms with Gasteiger partial charge in [0.15, 0.2) is 0 Å². The van der Waals surface area contributed by atoms with Crippen LogP contribution in [-0.2, 0) is 10.8 Å². The lowest BCUT2D eigenvalue weighted by molar-refractivity contribution is 0.108. The summed E-state index contributed by atoms with van der Waals surface area (Å²) < 4.78 is 11.1. The average Bonchev–Trinajstić information content (AvgIpc) is 2.17. The molecule has 0 radical (unpaired) electrons. The van der Waals surface area contributed by atoms with E-state index in [-0.39, 0.29) is 5.12 Å². The summed E-state index contributed by atoms with van der Waals surface area (Å²) in [5.74, 6) is 0.383. The van der Waals surface area contributed by atoms with Crippen molar-refractivity contribution in [1.82, 2.24) is 0 Å². The summed E-state index contributed by atoms with van der Waals surface area (Å²) in [7, 11) is -1.36. The molecule has 0 saturated carbocycles. The largest absolute Gasteiger partial charge is 0.279 e. The molecule has 3 heteroatoms. The van der Waals surface area contributed by atoms with Crippen molar-refractivity contribution in [3.8, 4) is 0 Å². The Morgan fingerprint density at radius 3 is 2.42 bits per heavy atom. The monoisotopic (exact) mass is 182 g/mol. The lowest BCUT2D eigenvalue weighted by Gasteiger charge is -1.96. The summed E-state index contributed by atoms with van der Waals surface area (Å²) in [6, 6.07) is 8.71. The minimum absolute atomic E-state index is 0.280. The van der Waals surface area contributed by atoms with Gasteiger partial charge in [0.2, 0.25) is 5.12 Å². The molecule has 0 aliphatic rings. The van der Waals surface area contributed by atoms with Crippen LogP contribution in [0.4, 0.5) is 0 Å². The van der Waals surface area contributed by atoms with Gasteiger partial charge in [-0.05, 0) is 0 Å². The zero-order valence-electron chi connectivity index (χ0n) is 6.82. The molecule has 0 spiro atoms. The van der Waals surface area contributed by atoms with Crippen molar-refractivity contribution in [3.05, 3.63) is 35.9 Å². The molecule has 0 fully saturated rings. The van der Waals surface area contributed by atoms with Crippen LogP contribution in [0.25, 0.3) is 0 Å². The van der Waals surface area contributed by atoms with Crippen LogP contribution in [0.5, 0.6) is 0 Å². The molecule has 2 nitrogen and oxygen atoms in total. The molecule has 1 atom stereocenters. The van der Waals surface area contributed by atoms with Gasteiger partial charge < -0.3 is 0 Å². The Labute approximate surface area is 74.1 Å². The third-order valence-electron chi connectivity index (χ3n) is 1.48. The van der Waals surface area contributed by atoms with E-state index in [4.69, 9.17) is 0 Å². The molecule has 0 aromatic heterocycles. The average molecular weight is 182 g/mol. The maximum Gasteiger partial charge on any atom is 0.249 e. The molecule has 1 unspecified atom stereocenters. The molecule has 0 aliphatic heterocycles. The second-order valence-electron chi connectivity index (χ2n) is 2.29. The molecule has 0 heterocycles. The van der Waals surface area contributed by atoms with E-state index in [0.717, 1.165) is 0 Å². The summed E-state index contributed by atoms with van der Waals surface area (Å²) in [5.41, 5.74) is 0.526. The third kappa shape index (κ3) is 2.01. The predicted molar refractivity (Wildman–Crippen MR) is 49.5 cm³/mol. The minimum Gasteiger partial charge on any atom is -0.279 e. The zero-order chi connectivity index (χ0) is 8.97. The van der Waals surface area contributed by atoms with Gasteiger partial charge >= 0.3 is 0 Å². The number of rotatable bonds is 2. The molecule has 1 rings (SSSR count). The smallest absolute Gasteiger partial charge is 0.249 e. The van der Waals surface area contributed by atoms with Crippen LogP contribution in [-0.4, -0.2) is 15.1 Å². The molecule has 0 amide bonds. The van der Waals surface area contributed by atoms with Crippen molar-refractivity contribution in [2.24, 2.45) is 0 Å². The lowest BCUT2D eigenvalue weighted by Crippen LogP contribution is -2.08. The van der Waals surface area contributed by atoms with E-state index in [1.165, 1.54) is 0 Å². The van der Waals surface area contributed by atoms with Gasteiger partial charge in [-0.15, -0.1) is 0 Å². The zero-order valence-corrected chi connectivity index (χ0v) is 7.64. The van der Waals surface area contributed by atoms with Gasteiger partial charge in [-0.1, -0.05) is 37.3 Å². The second kappa shape index (κ2) is 4.16. The van der Waals surface area contributed by atoms with E-state index < -0.39 is 10.8 Å². The SMILES string of the molecule is CCS(=O)C(=O)c1ccccc1. The molecule has 0 aliphatic carbocycles. The normalized spacial score (nSPS) is 12.4. The molecular weight excluding hydrogens is 172 g/mol. The van der Waals surface area contributed by atoms with E-state index in [1.807, 2.05) is 6.07 Å². The van der Waals surface area contributed by atoms with Crippen molar-refractivity contribution in [2.75, 3.05) is 5.75 Å². The highest BCUT2D eigenvalue weighted by molar-refractivity contribution is 8.00. The van der Waals surface area contributed by atoms with Crippen LogP contribution in [0.1, 0.15) is 17.3 Å². The van der Waals surface area contributed by atoms with Gasteiger partial charge in [-0.25, -0.2) is 0 Å². The van der Waals surface area contributed by atoms with E-state index in [0.29, 0.717) is 11.3 Å². The molecule has 0 bridgehead atoms. The Hall–Kier alpha value is -0.960. The van der Waals surface area contributed by atoms with Crippen LogP contribution in [0.15, 0.2) is 30.3 Å². The summed E-state index contributed by atoms with van der Waals surface area (Å²) in [4.78, 5) is 11.3. The van der Waals surface area contributed by atoms with Crippen molar-refractivity contribution in [2.45, 2.75) is 6.92 Å². The van der Waals surface area contributed by atoms with Crippen LogP contribution in [0, 0.1) is 0 Å². The second-order valence-corrected chi connectivity index (χ2v) is 3.93. The first-order chi connectivity index (χ1) is 5.75. The van der Waals surface area contributed by atoms with Crippen molar-refractivity contribution in [1.29, 1.82) is 0 Å². The lowest BCUT2D eigenvalue weighted by atomic mass is 10.2. The van der Waals surface area contributed by atoms with Crippen LogP contribution >= 0.6 is 0 Å². The summed E-state index contributed by atoms with van der Waals surface area (Å²) in [5, 5.41) is -0.280. The van der Waals surface area contributed by atoms with Crippen molar-refractivity contribution in [3.63, 3.8) is 0 Å². The van der Waals surface area contributed by atoms with E-state index in [9.17, 15) is 9.00 Å². The fraction of sp³-hybridized carbons (Fsp3) is 0.222. The molecule has 0 N–H and O–H groups in total. The Morgan fingerprint density at radius 1 is 1.33 bits per heavy atom. The predicted octanol–water partition coefficient (Wildman–Crippen LogP) is 1.60. The first-order valence-electron chi connectivity index (χ1n) is 3.73. The van der Waals surface area contributed by atoms with E-state index >= 15 is 0 Å². The molecule has 64 valence electrons. The van der Waals surface area contributed by atoms with Crippen molar-refractivity contribution < 1.29 is 9.00 Å². The molecule has 12 heavy (non-hydrogen) atoms. The maximum atomic E-state index is 11.3. The first kappa shape index (κ1) is 9.13. The highest BCUT2D eigenvalue weighted by Crippen LogP contribution is 2.02. The Bertz CT molecular complexity index is 293. The van der Waals surface area contributed by atoms with Gasteiger partial charge in [-0.2, -0.15) is 0 Å². The maximum absolute atomic E-state index is 11.3. The summed E-state index contributed by atoms with van der Waals surface area (Å²) >= 11 is 0. The number of carbonyl (C=O) groups excluding carboxylic acids is 1. The van der Waals surface area contributed by atoms with Gasteiger partial charge in [0.25, 0.3) is 0 Å². The standard InChI is InChI=1S/C9H10O2S/c1-2-12(11)9(10)8-6-4-3-5-7-8/h3-7H,2H2,1H3. The molecular formula is C9H10O2S. The highest BCUT2D eigenvalue weighted by Gasteiger charge is 2.10. The van der Waals surface area contributed by atoms with Gasteiger partial charge in [0.1, 0.15) is 0 Å². The Balaban J connectivity index is 2.86. The number of benzene rings is 1. The van der Waals surface area contributed by atoms with E-state index in [2.05, 4.69) is 0 Å². The van der Waals surface area contributed by atoms with Crippen LogP contribution < -0.4 is 0 Å². The fourth-order valence-corrected chi connectivity index (χ4v) is 1.50. The number of hydrogen-bond acceptors (Lipinski definition) is 2. The highest BCUT2D eigenvalue weighted by atomic mass is 32.2. The number of hydrogen-bond donors (Lipinski definition) is 0. The minimum atomic E-state index is -1.36. The Kier molecular flexibility index (Phi) is 3.17. The fourth-order valence-electron chi connectivity index (χ4n) is 0.837. The van der Waals surface area contributed by atoms with Gasteiger partial charge in [0.05, 0.1) is 10.8 Å². The molecule has 0 saturated heterocycles. The first-order valence-corrected chi connectivity index (χ1v) is 5.05. The quantitative estimate of drug-likeness (QED) is 0.696. The summed E-state index contributed by atoms with van der Waals surface area (Å²) in [6.45, 7) is 1.73. The van der Waals surface area contributed by atoms with E-state index in [1.54, 1.807) is 31.2 Å². The van der Waals surface area contributed by atoms with Crippen LogP contribution in [0.3, 0.4) is 0 Å². The van der Waals surface area contributed by atoms with Gasteiger partial charge in [0, 0.05) is 11.3 Å². The summed E-state index contributed by atoms with van der Waals surface area (Å²) in [6.07, 6.45) is 0. The van der Waals surface area contributed by atoms with Crippen LogP contribution in [0.2, 0.25) is 0 Å². The topological polar surface area (TPSA) is 34.1 Å². The van der Waals surface area contributed by atoms with Gasteiger partial charge in [-0.3, -0.25) is 9.00 Å². The third-order valence-corrected chi connectivity index (χ3v) is 2.65. The van der Waals surface area contributed by atoms with Crippen molar-refractivity contribution >= 4 is 15.9 Å². The Morgan fingerprint density at radius 2 is 1.92 bits per heavy atom.